The lowest BCUT2D eigenvalue weighted by Crippen LogP contribution is -2.48. The first-order valence-corrected chi connectivity index (χ1v) is 13.5. The molecule has 3 rings (SSSR count). The van der Waals surface area contributed by atoms with Crippen molar-refractivity contribution < 1.29 is 31.2 Å². The number of ether oxygens (including phenoxy) is 1. The summed E-state index contributed by atoms with van der Waals surface area (Å²) in [5, 5.41) is 0. The van der Waals surface area contributed by atoms with Gasteiger partial charge >= 0.3 is 5.97 Å². The Kier molecular flexibility index (Phi) is 6.71. The molecule has 1 aliphatic carbocycles. The first-order valence-electron chi connectivity index (χ1n) is 9.81. The van der Waals surface area contributed by atoms with Gasteiger partial charge in [-0.2, -0.15) is 0 Å². The van der Waals surface area contributed by atoms with E-state index in [0.717, 1.165) is 31.9 Å². The topological polar surface area (TPSA) is 127 Å². The second-order valence-electron chi connectivity index (χ2n) is 7.83. The summed E-state index contributed by atoms with van der Waals surface area (Å²) in [6, 6.07) is 5.36. The minimum Gasteiger partial charge on any atom is -0.452 e. The van der Waals surface area contributed by atoms with Crippen molar-refractivity contribution in [3.63, 3.8) is 0 Å². The van der Waals surface area contributed by atoms with Gasteiger partial charge in [-0.1, -0.05) is 18.9 Å². The zero-order chi connectivity index (χ0) is 21.9. The Morgan fingerprint density at radius 2 is 1.87 bits per heavy atom. The van der Waals surface area contributed by atoms with Crippen LogP contribution >= 0.6 is 0 Å². The normalized spacial score (nSPS) is 21.3. The number of carbonyl (C=O) groups is 2. The molecule has 1 heterocycles. The van der Waals surface area contributed by atoms with E-state index < -0.39 is 38.3 Å². The molecule has 1 saturated heterocycles. The van der Waals surface area contributed by atoms with Crippen LogP contribution in [-0.2, 0) is 29.4 Å². The summed E-state index contributed by atoms with van der Waals surface area (Å²) >= 11 is 0. The standard InChI is InChI=1S/C19H26N2O7S2/c1-29(24,25)20-15-6-4-5-14(11-15)19(23)28-12-18(22)21(16-7-2-3-8-16)17-9-10-30(26,27)13-17/h4-6,11,16-17,20H,2-3,7-10,12-13H2,1H3. The van der Waals surface area contributed by atoms with Gasteiger partial charge in [0, 0.05) is 17.8 Å². The summed E-state index contributed by atoms with van der Waals surface area (Å²) < 4.78 is 53.9. The quantitative estimate of drug-likeness (QED) is 0.608. The number of benzene rings is 1. The first kappa shape index (κ1) is 22.5. The van der Waals surface area contributed by atoms with Gasteiger partial charge in [0.2, 0.25) is 10.0 Å². The lowest BCUT2D eigenvalue weighted by molar-refractivity contribution is -0.139. The van der Waals surface area contributed by atoms with E-state index in [4.69, 9.17) is 4.74 Å². The van der Waals surface area contributed by atoms with Gasteiger partial charge in [-0.15, -0.1) is 0 Å². The summed E-state index contributed by atoms with van der Waals surface area (Å²) in [5.74, 6) is -1.15. The van der Waals surface area contributed by atoms with Crippen molar-refractivity contribution in [3.8, 4) is 0 Å². The fraction of sp³-hybridized carbons (Fsp3) is 0.579. The molecule has 1 amide bonds. The van der Waals surface area contributed by atoms with Crippen LogP contribution in [0.2, 0.25) is 0 Å². The van der Waals surface area contributed by atoms with Gasteiger partial charge in [0.25, 0.3) is 5.91 Å². The Bertz CT molecular complexity index is 1020. The molecule has 1 unspecified atom stereocenters. The maximum absolute atomic E-state index is 12.9. The first-order chi connectivity index (χ1) is 14.0. The summed E-state index contributed by atoms with van der Waals surface area (Å²) in [5.41, 5.74) is 0.314. The number of sulfonamides is 1. The number of esters is 1. The van der Waals surface area contributed by atoms with Crippen molar-refractivity contribution in [1.29, 1.82) is 0 Å². The number of sulfone groups is 1. The molecule has 0 spiro atoms. The average Bonchev–Trinajstić information content (AvgIpc) is 3.29. The predicted octanol–water partition coefficient (Wildman–Crippen LogP) is 1.17. The van der Waals surface area contributed by atoms with Crippen molar-refractivity contribution in [1.82, 2.24) is 4.90 Å². The van der Waals surface area contributed by atoms with Crippen molar-refractivity contribution in [3.05, 3.63) is 29.8 Å². The van der Waals surface area contributed by atoms with Gasteiger partial charge < -0.3 is 9.64 Å². The van der Waals surface area contributed by atoms with E-state index >= 15 is 0 Å². The summed E-state index contributed by atoms with van der Waals surface area (Å²) in [4.78, 5) is 26.9. The molecule has 1 atom stereocenters. The van der Waals surface area contributed by atoms with Gasteiger partial charge in [0.15, 0.2) is 16.4 Å². The molecule has 1 aliphatic heterocycles. The van der Waals surface area contributed by atoms with E-state index in [1.54, 1.807) is 4.90 Å². The highest BCUT2D eigenvalue weighted by Crippen LogP contribution is 2.29. The predicted molar refractivity (Wildman–Crippen MR) is 111 cm³/mol. The highest BCUT2D eigenvalue weighted by atomic mass is 32.2. The molecule has 0 bridgehead atoms. The maximum atomic E-state index is 12.9. The zero-order valence-electron chi connectivity index (χ0n) is 16.7. The average molecular weight is 459 g/mol. The van der Waals surface area contributed by atoms with Crippen molar-refractivity contribution in [2.75, 3.05) is 29.1 Å². The number of hydrogen-bond donors (Lipinski definition) is 1. The molecule has 2 aliphatic rings. The van der Waals surface area contributed by atoms with Crippen molar-refractivity contribution in [2.45, 2.75) is 44.2 Å². The largest absolute Gasteiger partial charge is 0.452 e. The lowest BCUT2D eigenvalue weighted by atomic mass is 10.1. The molecule has 0 radical (unpaired) electrons. The zero-order valence-corrected chi connectivity index (χ0v) is 18.4. The van der Waals surface area contributed by atoms with Crippen molar-refractivity contribution in [2.24, 2.45) is 0 Å². The molecule has 1 aromatic rings. The van der Waals surface area contributed by atoms with Crippen LogP contribution in [0, 0.1) is 0 Å². The third-order valence-corrected chi connectivity index (χ3v) is 7.69. The second kappa shape index (κ2) is 8.93. The van der Waals surface area contributed by atoms with Crippen molar-refractivity contribution >= 4 is 37.4 Å². The molecule has 1 N–H and O–H groups in total. The van der Waals surface area contributed by atoms with Crippen LogP contribution in [0.15, 0.2) is 24.3 Å². The molecule has 166 valence electrons. The monoisotopic (exact) mass is 458 g/mol. The number of rotatable bonds is 7. The van der Waals surface area contributed by atoms with Gasteiger partial charge in [0.1, 0.15) is 0 Å². The van der Waals surface area contributed by atoms with E-state index in [0.29, 0.717) is 6.42 Å². The number of amides is 1. The minimum absolute atomic E-state index is 0.0307. The highest BCUT2D eigenvalue weighted by Gasteiger charge is 2.39. The molecule has 11 heteroatoms. The smallest absolute Gasteiger partial charge is 0.338 e. The van der Waals surface area contributed by atoms with Crippen LogP contribution in [-0.4, -0.2) is 70.1 Å². The molecular formula is C19H26N2O7S2. The number of nitrogens with one attached hydrogen (secondary N) is 1. The summed E-state index contributed by atoms with van der Waals surface area (Å²) in [7, 11) is -6.65. The summed E-state index contributed by atoms with van der Waals surface area (Å²) in [6.07, 6.45) is 4.99. The third-order valence-electron chi connectivity index (χ3n) is 5.34. The molecule has 9 nitrogen and oxygen atoms in total. The van der Waals surface area contributed by atoms with Crippen LogP contribution < -0.4 is 4.72 Å². The van der Waals surface area contributed by atoms with E-state index in [2.05, 4.69) is 4.72 Å². The third kappa shape index (κ3) is 5.94. The molecule has 1 aromatic carbocycles. The fourth-order valence-corrected chi connectivity index (χ4v) is 6.36. The lowest BCUT2D eigenvalue weighted by Gasteiger charge is -2.33. The Hall–Kier alpha value is -2.14. The minimum atomic E-state index is -3.50. The van der Waals surface area contributed by atoms with Gasteiger partial charge in [-0.05, 0) is 37.5 Å². The number of hydrogen-bond acceptors (Lipinski definition) is 7. The molecular weight excluding hydrogens is 432 g/mol. The molecule has 2 fully saturated rings. The number of anilines is 1. The van der Waals surface area contributed by atoms with E-state index in [-0.39, 0.29) is 34.8 Å². The van der Waals surface area contributed by atoms with Crippen LogP contribution in [0.1, 0.15) is 42.5 Å². The second-order valence-corrected chi connectivity index (χ2v) is 11.8. The maximum Gasteiger partial charge on any atom is 0.338 e. The fourth-order valence-electron chi connectivity index (χ4n) is 4.09. The molecule has 0 aromatic heterocycles. The Morgan fingerprint density at radius 1 is 1.17 bits per heavy atom. The van der Waals surface area contributed by atoms with Crippen LogP contribution in [0.25, 0.3) is 0 Å². The van der Waals surface area contributed by atoms with E-state index in [1.165, 1.54) is 24.3 Å². The van der Waals surface area contributed by atoms with E-state index in [1.807, 2.05) is 0 Å². The Labute approximate surface area is 176 Å². The Balaban J connectivity index is 1.66. The Morgan fingerprint density at radius 3 is 2.47 bits per heavy atom. The van der Waals surface area contributed by atoms with Gasteiger partial charge in [-0.25, -0.2) is 21.6 Å². The van der Waals surface area contributed by atoms with Gasteiger partial charge in [-0.3, -0.25) is 9.52 Å². The highest BCUT2D eigenvalue weighted by molar-refractivity contribution is 7.92. The van der Waals surface area contributed by atoms with E-state index in [9.17, 15) is 26.4 Å². The van der Waals surface area contributed by atoms with Gasteiger partial charge in [0.05, 0.1) is 23.3 Å². The number of nitrogens with zero attached hydrogens (tertiary/aromatic N) is 1. The van der Waals surface area contributed by atoms with Crippen LogP contribution in [0.4, 0.5) is 5.69 Å². The SMILES string of the molecule is CS(=O)(=O)Nc1cccc(C(=O)OCC(=O)N(C2CCCC2)C2CCS(=O)(=O)C2)c1. The number of carbonyl (C=O) groups excluding carboxylic acids is 2. The molecule has 30 heavy (non-hydrogen) atoms. The van der Waals surface area contributed by atoms with Crippen LogP contribution in [0.3, 0.4) is 0 Å². The molecule has 1 saturated carbocycles. The van der Waals surface area contributed by atoms with Crippen LogP contribution in [0.5, 0.6) is 0 Å². The summed E-state index contributed by atoms with van der Waals surface area (Å²) in [6.45, 7) is -0.490.